The van der Waals surface area contributed by atoms with Gasteiger partial charge in [0.25, 0.3) is 11.8 Å². The lowest BCUT2D eigenvalue weighted by molar-refractivity contribution is 0.0955. The van der Waals surface area contributed by atoms with Gasteiger partial charge in [0.2, 0.25) is 0 Å². The maximum Gasteiger partial charge on any atom is 0.277 e. The Balaban J connectivity index is 1.56. The summed E-state index contributed by atoms with van der Waals surface area (Å²) >= 11 is 6.16. The monoisotopic (exact) mass is 404 g/mol. The van der Waals surface area contributed by atoms with Crippen molar-refractivity contribution < 1.29 is 9.59 Å². The highest BCUT2D eigenvalue weighted by atomic mass is 35.5. The minimum absolute atomic E-state index is 0.237. The highest BCUT2D eigenvalue weighted by Crippen LogP contribution is 2.21. The molecule has 1 aliphatic rings. The van der Waals surface area contributed by atoms with E-state index in [4.69, 9.17) is 11.6 Å². The van der Waals surface area contributed by atoms with Gasteiger partial charge in [-0.2, -0.15) is 0 Å². The molecular weight excluding hydrogens is 380 g/mol. The van der Waals surface area contributed by atoms with Crippen molar-refractivity contribution in [2.24, 2.45) is 0 Å². The molecule has 1 aromatic heterocycles. The van der Waals surface area contributed by atoms with Crippen molar-refractivity contribution in [3.8, 4) is 0 Å². The van der Waals surface area contributed by atoms with Crippen LogP contribution in [0.15, 0.2) is 24.4 Å². The maximum atomic E-state index is 12.4. The van der Waals surface area contributed by atoms with Gasteiger partial charge in [-0.15, -0.1) is 5.10 Å². The largest absolute Gasteiger partial charge is 0.352 e. The normalized spacial score (nSPS) is 16.6. The van der Waals surface area contributed by atoms with Crippen molar-refractivity contribution in [1.82, 2.24) is 25.6 Å². The number of anilines is 1. The number of hydrogen-bond donors (Lipinski definition) is 3. The SMILES string of the molecule is CCNC(=O)c1ccc(NC(=O)c2cn(CCC3CCCCN3)nn2)cc1Cl. The molecule has 9 heteroatoms. The van der Waals surface area contributed by atoms with Crippen LogP contribution in [0.2, 0.25) is 5.02 Å². The van der Waals surface area contributed by atoms with E-state index in [1.807, 2.05) is 6.92 Å². The van der Waals surface area contributed by atoms with E-state index in [9.17, 15) is 9.59 Å². The molecular formula is C19H25ClN6O2. The third-order valence-corrected chi connectivity index (χ3v) is 5.01. The Bertz CT molecular complexity index is 832. The number of nitrogens with zero attached hydrogens (tertiary/aromatic N) is 3. The van der Waals surface area contributed by atoms with E-state index in [0.29, 0.717) is 30.4 Å². The van der Waals surface area contributed by atoms with Crippen LogP contribution in [0, 0.1) is 0 Å². The second-order valence-electron chi connectivity index (χ2n) is 6.81. The fraction of sp³-hybridized carbons (Fsp3) is 0.474. The van der Waals surface area contributed by atoms with Gasteiger partial charge in [-0.25, -0.2) is 0 Å². The Morgan fingerprint density at radius 1 is 1.32 bits per heavy atom. The summed E-state index contributed by atoms with van der Waals surface area (Å²) in [5.41, 5.74) is 1.09. The average molecular weight is 405 g/mol. The van der Waals surface area contributed by atoms with E-state index in [1.54, 1.807) is 29.1 Å². The molecule has 0 radical (unpaired) electrons. The van der Waals surface area contributed by atoms with Crippen LogP contribution in [0.3, 0.4) is 0 Å². The van der Waals surface area contributed by atoms with E-state index in [1.165, 1.54) is 19.3 Å². The summed E-state index contributed by atoms with van der Waals surface area (Å²) in [5, 5.41) is 17.2. The number of aryl methyl sites for hydroxylation is 1. The number of nitrogens with one attached hydrogen (secondary N) is 3. The number of halogens is 1. The summed E-state index contributed by atoms with van der Waals surface area (Å²) in [6.07, 6.45) is 6.27. The van der Waals surface area contributed by atoms with Gasteiger partial charge in [-0.1, -0.05) is 23.2 Å². The van der Waals surface area contributed by atoms with Gasteiger partial charge in [0.15, 0.2) is 5.69 Å². The summed E-state index contributed by atoms with van der Waals surface area (Å²) in [6, 6.07) is 5.26. The zero-order chi connectivity index (χ0) is 19.9. The first kappa shape index (κ1) is 20.3. The average Bonchev–Trinajstić information content (AvgIpc) is 3.17. The molecule has 28 heavy (non-hydrogen) atoms. The summed E-state index contributed by atoms with van der Waals surface area (Å²) in [4.78, 5) is 24.3. The number of hydrogen-bond acceptors (Lipinski definition) is 5. The van der Waals surface area contributed by atoms with Gasteiger partial charge in [-0.3, -0.25) is 14.3 Å². The number of benzene rings is 1. The quantitative estimate of drug-likeness (QED) is 0.658. The van der Waals surface area contributed by atoms with Crippen molar-refractivity contribution in [2.45, 2.75) is 45.2 Å². The summed E-state index contributed by atoms with van der Waals surface area (Å²) in [6.45, 7) is 4.13. The number of carbonyl (C=O) groups excluding carboxylic acids is 2. The summed E-state index contributed by atoms with van der Waals surface area (Å²) < 4.78 is 1.69. The van der Waals surface area contributed by atoms with Crippen molar-refractivity contribution in [3.63, 3.8) is 0 Å². The number of carbonyl (C=O) groups is 2. The third-order valence-electron chi connectivity index (χ3n) is 4.70. The molecule has 8 nitrogen and oxygen atoms in total. The maximum absolute atomic E-state index is 12.4. The Hall–Kier alpha value is -2.45. The van der Waals surface area contributed by atoms with Gasteiger partial charge in [0.05, 0.1) is 16.8 Å². The minimum atomic E-state index is -0.371. The zero-order valence-electron chi connectivity index (χ0n) is 15.9. The molecule has 2 amide bonds. The molecule has 3 rings (SSSR count). The van der Waals surface area contributed by atoms with Crippen LogP contribution in [0.4, 0.5) is 5.69 Å². The van der Waals surface area contributed by atoms with Crippen molar-refractivity contribution in [2.75, 3.05) is 18.4 Å². The Morgan fingerprint density at radius 2 is 2.18 bits per heavy atom. The molecule has 3 N–H and O–H groups in total. The smallest absolute Gasteiger partial charge is 0.277 e. The fourth-order valence-corrected chi connectivity index (χ4v) is 3.46. The predicted molar refractivity (Wildman–Crippen MR) is 108 cm³/mol. The second-order valence-corrected chi connectivity index (χ2v) is 7.22. The second kappa shape index (κ2) is 9.66. The summed E-state index contributed by atoms with van der Waals surface area (Å²) in [5.74, 6) is -0.621. The van der Waals surface area contributed by atoms with E-state index in [0.717, 1.165) is 13.0 Å². The van der Waals surface area contributed by atoms with Crippen molar-refractivity contribution in [1.29, 1.82) is 0 Å². The highest BCUT2D eigenvalue weighted by Gasteiger charge is 2.16. The molecule has 1 unspecified atom stereocenters. The number of amides is 2. The topological polar surface area (TPSA) is 101 Å². The zero-order valence-corrected chi connectivity index (χ0v) is 16.6. The molecule has 1 aliphatic heterocycles. The van der Waals surface area contributed by atoms with Crippen LogP contribution in [0.1, 0.15) is 53.5 Å². The third kappa shape index (κ3) is 5.30. The molecule has 0 aliphatic carbocycles. The Labute approximate surface area is 169 Å². The van der Waals surface area contributed by atoms with Crippen LogP contribution in [0.5, 0.6) is 0 Å². The van der Waals surface area contributed by atoms with Crippen LogP contribution in [-0.4, -0.2) is 45.9 Å². The van der Waals surface area contributed by atoms with Crippen LogP contribution in [0.25, 0.3) is 0 Å². The van der Waals surface area contributed by atoms with E-state index >= 15 is 0 Å². The van der Waals surface area contributed by atoms with Gasteiger partial charge >= 0.3 is 0 Å². The first-order chi connectivity index (χ1) is 13.6. The lowest BCUT2D eigenvalue weighted by atomic mass is 10.0. The standard InChI is InChI=1S/C19H25ClN6O2/c1-2-21-18(27)15-7-6-14(11-16(15)20)23-19(28)17-12-26(25-24-17)10-8-13-5-3-4-9-22-13/h6-7,11-13,22H,2-5,8-10H2,1H3,(H,21,27)(H,23,28). The van der Waals surface area contributed by atoms with E-state index in [2.05, 4.69) is 26.3 Å². The van der Waals surface area contributed by atoms with Gasteiger partial charge < -0.3 is 16.0 Å². The molecule has 2 aromatic rings. The molecule has 1 saturated heterocycles. The van der Waals surface area contributed by atoms with E-state index < -0.39 is 0 Å². The fourth-order valence-electron chi connectivity index (χ4n) is 3.20. The number of rotatable bonds is 7. The first-order valence-electron chi connectivity index (χ1n) is 9.59. The van der Waals surface area contributed by atoms with Gasteiger partial charge in [0, 0.05) is 24.8 Å². The van der Waals surface area contributed by atoms with E-state index in [-0.39, 0.29) is 22.5 Å². The van der Waals surface area contributed by atoms with Gasteiger partial charge in [0.1, 0.15) is 0 Å². The van der Waals surface area contributed by atoms with Crippen LogP contribution < -0.4 is 16.0 Å². The number of piperidine rings is 1. The molecule has 0 bridgehead atoms. The van der Waals surface area contributed by atoms with Gasteiger partial charge in [-0.05, 0) is 50.9 Å². The molecule has 1 fully saturated rings. The Morgan fingerprint density at radius 3 is 2.89 bits per heavy atom. The van der Waals surface area contributed by atoms with Crippen LogP contribution >= 0.6 is 11.6 Å². The Kier molecular flexibility index (Phi) is 7.00. The highest BCUT2D eigenvalue weighted by molar-refractivity contribution is 6.34. The first-order valence-corrected chi connectivity index (χ1v) is 9.97. The lowest BCUT2D eigenvalue weighted by Gasteiger charge is -2.23. The predicted octanol–water partition coefficient (Wildman–Crippen LogP) is 2.47. The lowest BCUT2D eigenvalue weighted by Crippen LogP contribution is -2.34. The van der Waals surface area contributed by atoms with Crippen molar-refractivity contribution in [3.05, 3.63) is 40.7 Å². The molecule has 150 valence electrons. The molecule has 2 heterocycles. The van der Waals surface area contributed by atoms with Crippen molar-refractivity contribution >= 4 is 29.1 Å². The van der Waals surface area contributed by atoms with Crippen LogP contribution in [-0.2, 0) is 6.54 Å². The summed E-state index contributed by atoms with van der Waals surface area (Å²) in [7, 11) is 0. The molecule has 1 atom stereocenters. The molecule has 0 spiro atoms. The number of aromatic nitrogens is 3. The minimum Gasteiger partial charge on any atom is -0.352 e. The molecule has 0 saturated carbocycles. The molecule has 1 aromatic carbocycles.